The van der Waals surface area contributed by atoms with Crippen LogP contribution in [0.1, 0.15) is 17.2 Å². The van der Waals surface area contributed by atoms with Crippen LogP contribution in [0.3, 0.4) is 0 Å². The van der Waals surface area contributed by atoms with Gasteiger partial charge in [-0.3, -0.25) is 4.90 Å². The summed E-state index contributed by atoms with van der Waals surface area (Å²) in [5, 5.41) is 0.152. The lowest BCUT2D eigenvalue weighted by atomic mass is 10.1. The molecule has 21 heavy (non-hydrogen) atoms. The molecule has 1 atom stereocenters. The van der Waals surface area contributed by atoms with Crippen molar-refractivity contribution in [3.05, 3.63) is 52.9 Å². The summed E-state index contributed by atoms with van der Waals surface area (Å²) in [6.07, 6.45) is 1.44. The normalized spacial score (nSPS) is 18.7. The maximum Gasteiger partial charge on any atom is 0.225 e. The molecule has 1 unspecified atom stereocenters. The average molecular weight is 308 g/mol. The quantitative estimate of drug-likeness (QED) is 0.817. The van der Waals surface area contributed by atoms with Gasteiger partial charge in [-0.1, -0.05) is 30.3 Å². The summed E-state index contributed by atoms with van der Waals surface area (Å²) < 4.78 is 18.7. The fourth-order valence-electron chi connectivity index (χ4n) is 2.42. The van der Waals surface area contributed by atoms with Crippen molar-refractivity contribution in [2.75, 3.05) is 19.8 Å². The standard InChI is InChI=1S/C15H15ClFN3O/c16-15-18-8-12-9-20(7-6-17)10-13(21-14(12)19-15)11-4-2-1-3-5-11/h1-5,8,13H,6-7,9-10H2. The van der Waals surface area contributed by atoms with Crippen molar-refractivity contribution in [1.82, 2.24) is 14.9 Å². The molecule has 2 aromatic rings. The van der Waals surface area contributed by atoms with Crippen molar-refractivity contribution < 1.29 is 9.13 Å². The Morgan fingerprint density at radius 2 is 2.14 bits per heavy atom. The smallest absolute Gasteiger partial charge is 0.225 e. The van der Waals surface area contributed by atoms with Crippen LogP contribution in [0.4, 0.5) is 4.39 Å². The highest BCUT2D eigenvalue weighted by Gasteiger charge is 2.25. The molecule has 3 rings (SSSR count). The molecular weight excluding hydrogens is 293 g/mol. The molecule has 0 radical (unpaired) electrons. The van der Waals surface area contributed by atoms with E-state index in [1.54, 1.807) is 6.20 Å². The summed E-state index contributed by atoms with van der Waals surface area (Å²) in [6.45, 7) is 1.11. The molecule has 6 heteroatoms. The van der Waals surface area contributed by atoms with Gasteiger partial charge in [-0.2, -0.15) is 4.98 Å². The molecule has 0 saturated carbocycles. The number of hydrogen-bond donors (Lipinski definition) is 0. The molecule has 1 aromatic carbocycles. The van der Waals surface area contributed by atoms with Gasteiger partial charge >= 0.3 is 0 Å². The highest BCUT2D eigenvalue weighted by molar-refractivity contribution is 6.28. The van der Waals surface area contributed by atoms with E-state index in [9.17, 15) is 4.39 Å². The summed E-state index contributed by atoms with van der Waals surface area (Å²) in [6, 6.07) is 9.85. The number of benzene rings is 1. The maximum absolute atomic E-state index is 12.7. The lowest BCUT2D eigenvalue weighted by Gasteiger charge is -2.22. The van der Waals surface area contributed by atoms with Gasteiger partial charge in [0.2, 0.25) is 11.2 Å². The predicted octanol–water partition coefficient (Wildman–Crippen LogP) is 3.04. The minimum Gasteiger partial charge on any atom is -0.468 e. The third-order valence-electron chi connectivity index (χ3n) is 3.44. The summed E-state index contributed by atoms with van der Waals surface area (Å²) in [4.78, 5) is 10.1. The van der Waals surface area contributed by atoms with Crippen LogP contribution >= 0.6 is 11.6 Å². The molecule has 0 aliphatic carbocycles. The first kappa shape index (κ1) is 14.2. The second-order valence-electron chi connectivity index (χ2n) is 4.91. The van der Waals surface area contributed by atoms with Gasteiger partial charge in [0.05, 0.1) is 0 Å². The first-order chi connectivity index (χ1) is 10.3. The Labute approximate surface area is 127 Å². The van der Waals surface area contributed by atoms with Gasteiger partial charge in [0.1, 0.15) is 12.8 Å². The van der Waals surface area contributed by atoms with E-state index in [1.807, 2.05) is 35.2 Å². The van der Waals surface area contributed by atoms with E-state index in [0.29, 0.717) is 25.5 Å². The third-order valence-corrected chi connectivity index (χ3v) is 3.62. The van der Waals surface area contributed by atoms with Crippen molar-refractivity contribution in [3.8, 4) is 5.88 Å². The van der Waals surface area contributed by atoms with Crippen LogP contribution in [-0.4, -0.2) is 34.6 Å². The number of nitrogens with zero attached hydrogens (tertiary/aromatic N) is 3. The molecular formula is C15H15ClFN3O. The molecule has 1 aromatic heterocycles. The van der Waals surface area contributed by atoms with Crippen LogP contribution in [0.15, 0.2) is 36.5 Å². The lowest BCUT2D eigenvalue weighted by Crippen LogP contribution is -2.30. The predicted molar refractivity (Wildman–Crippen MR) is 78.1 cm³/mol. The van der Waals surface area contributed by atoms with E-state index < -0.39 is 6.67 Å². The summed E-state index contributed by atoms with van der Waals surface area (Å²) in [5.41, 5.74) is 1.86. The van der Waals surface area contributed by atoms with E-state index >= 15 is 0 Å². The first-order valence-electron chi connectivity index (χ1n) is 6.77. The molecule has 110 valence electrons. The monoisotopic (exact) mass is 307 g/mol. The number of rotatable bonds is 3. The number of alkyl halides is 1. The van der Waals surface area contributed by atoms with Crippen molar-refractivity contribution in [1.29, 1.82) is 0 Å². The van der Waals surface area contributed by atoms with Crippen molar-refractivity contribution in [2.45, 2.75) is 12.6 Å². The van der Waals surface area contributed by atoms with Crippen LogP contribution in [0, 0.1) is 0 Å². The number of fused-ring (bicyclic) bond motifs is 1. The summed E-state index contributed by atoms with van der Waals surface area (Å²) in [5.74, 6) is 0.477. The topological polar surface area (TPSA) is 38.2 Å². The molecule has 0 amide bonds. The lowest BCUT2D eigenvalue weighted by molar-refractivity contribution is 0.139. The van der Waals surface area contributed by atoms with Crippen LogP contribution < -0.4 is 4.74 Å². The number of halogens is 2. The molecule has 0 fully saturated rings. The Bertz CT molecular complexity index is 611. The van der Waals surface area contributed by atoms with Gasteiger partial charge in [-0.25, -0.2) is 9.37 Å². The molecule has 0 saturated heterocycles. The van der Waals surface area contributed by atoms with Gasteiger partial charge in [0.25, 0.3) is 0 Å². The van der Waals surface area contributed by atoms with Gasteiger partial charge in [0.15, 0.2) is 0 Å². The average Bonchev–Trinajstić information content (AvgIpc) is 2.67. The van der Waals surface area contributed by atoms with Gasteiger partial charge < -0.3 is 4.74 Å². The second kappa shape index (κ2) is 6.37. The molecule has 1 aliphatic rings. The minimum atomic E-state index is -0.398. The number of hydrogen-bond acceptors (Lipinski definition) is 4. The van der Waals surface area contributed by atoms with Crippen LogP contribution in [-0.2, 0) is 6.54 Å². The largest absolute Gasteiger partial charge is 0.468 e. The fourth-order valence-corrected chi connectivity index (χ4v) is 2.55. The molecule has 4 nitrogen and oxygen atoms in total. The number of aromatic nitrogens is 2. The molecule has 0 spiro atoms. The summed E-state index contributed by atoms with van der Waals surface area (Å²) in [7, 11) is 0. The minimum absolute atomic E-state index is 0.152. The Kier molecular flexibility index (Phi) is 4.31. The van der Waals surface area contributed by atoms with Gasteiger partial charge in [-0.05, 0) is 17.2 Å². The van der Waals surface area contributed by atoms with E-state index in [2.05, 4.69) is 9.97 Å². The molecule has 0 bridgehead atoms. The number of ether oxygens (including phenoxy) is 1. The van der Waals surface area contributed by atoms with Crippen molar-refractivity contribution in [2.24, 2.45) is 0 Å². The molecule has 0 N–H and O–H groups in total. The Hall–Kier alpha value is -1.72. The van der Waals surface area contributed by atoms with E-state index in [0.717, 1.165) is 11.1 Å². The van der Waals surface area contributed by atoms with E-state index in [4.69, 9.17) is 16.3 Å². The molecule has 1 aliphatic heterocycles. The Morgan fingerprint density at radius 3 is 2.90 bits per heavy atom. The third kappa shape index (κ3) is 3.31. The first-order valence-corrected chi connectivity index (χ1v) is 7.15. The van der Waals surface area contributed by atoms with Crippen LogP contribution in [0.5, 0.6) is 5.88 Å². The van der Waals surface area contributed by atoms with E-state index in [1.165, 1.54) is 0 Å². The highest BCUT2D eigenvalue weighted by atomic mass is 35.5. The second-order valence-corrected chi connectivity index (χ2v) is 5.25. The van der Waals surface area contributed by atoms with Gasteiger partial charge in [-0.15, -0.1) is 0 Å². The SMILES string of the molecule is FCCN1Cc2cnc(Cl)nc2OC(c2ccccc2)C1. The van der Waals surface area contributed by atoms with E-state index in [-0.39, 0.29) is 11.4 Å². The van der Waals surface area contributed by atoms with Crippen molar-refractivity contribution >= 4 is 11.6 Å². The summed E-state index contributed by atoms with van der Waals surface area (Å²) >= 11 is 5.85. The Balaban J connectivity index is 1.94. The maximum atomic E-state index is 12.7. The van der Waals surface area contributed by atoms with Crippen LogP contribution in [0.2, 0.25) is 5.28 Å². The van der Waals surface area contributed by atoms with Gasteiger partial charge in [0, 0.05) is 31.4 Å². The zero-order valence-electron chi connectivity index (χ0n) is 11.4. The molecule has 2 heterocycles. The zero-order valence-corrected chi connectivity index (χ0v) is 12.1. The highest BCUT2D eigenvalue weighted by Crippen LogP contribution is 2.29. The fraction of sp³-hybridized carbons (Fsp3) is 0.333. The van der Waals surface area contributed by atoms with Crippen LogP contribution in [0.25, 0.3) is 0 Å². The van der Waals surface area contributed by atoms with Crippen molar-refractivity contribution in [3.63, 3.8) is 0 Å². The Morgan fingerprint density at radius 1 is 1.33 bits per heavy atom. The zero-order chi connectivity index (χ0) is 14.7.